The molecule has 0 aliphatic carbocycles. The number of hydrogen-bond donors (Lipinski definition) is 0. The van der Waals surface area contributed by atoms with E-state index in [1.54, 1.807) is 0 Å². The third-order valence-corrected chi connectivity index (χ3v) is 0. The molecule has 128 valence electrons. The van der Waals surface area contributed by atoms with Gasteiger partial charge in [0.25, 0.3) is 0 Å². The maximum Gasteiger partial charge on any atom is 4.00 e. The summed E-state index contributed by atoms with van der Waals surface area (Å²) in [5, 5.41) is 0. The Bertz CT molecular complexity index is 130. The molecule has 21 heavy (non-hydrogen) atoms. The van der Waals surface area contributed by atoms with E-state index < -0.39 is 56.4 Å². The van der Waals surface area contributed by atoms with Crippen LogP contribution < -0.4 is 67.2 Å². The largest absolute Gasteiger partial charge is 4.00 e. The van der Waals surface area contributed by atoms with Crippen molar-refractivity contribution in [2.45, 2.75) is 0 Å². The van der Waals surface area contributed by atoms with E-state index in [1.807, 2.05) is 0 Å². The second-order valence-electron chi connectivity index (χ2n) is 1.51. The first-order valence-corrected chi connectivity index (χ1v) is 12.8. The van der Waals surface area contributed by atoms with E-state index in [0.717, 1.165) is 0 Å². The molecule has 0 atom stereocenters. The molecule has 0 amide bonds. The van der Waals surface area contributed by atoms with E-state index in [-0.39, 0.29) is 26.2 Å². The third kappa shape index (κ3) is 1930. The van der Waals surface area contributed by atoms with Crippen LogP contribution in [0.1, 0.15) is 0 Å². The van der Waals surface area contributed by atoms with Gasteiger partial charge in [-0.15, -0.1) is 0 Å². The van der Waals surface area contributed by atoms with Gasteiger partial charge in [0.1, 0.15) is 0 Å². The van der Waals surface area contributed by atoms with Crippen molar-refractivity contribution in [3.05, 3.63) is 0 Å². The summed E-state index contributed by atoms with van der Waals surface area (Å²) in [5.74, 6) is 0. The SMILES string of the molecule is [O-][Br+3]([O-])([O-])[O-].[O-][Br+3]([O-])([O-])[O-].[O-][Br+3]([O-])([O-])[O-].[O-][Br+3]([O-])([O-])[O-].[Zr+4]. The Balaban J connectivity index is -0.0000000533. The Kier molecular flexibility index (Phi) is 23.8. The zero-order valence-corrected chi connectivity index (χ0v) is 17.3. The van der Waals surface area contributed by atoms with Crippen LogP contribution in [0.25, 0.3) is 0 Å². The van der Waals surface area contributed by atoms with E-state index in [4.69, 9.17) is 67.2 Å². The second kappa shape index (κ2) is 14.5. The smallest absolute Gasteiger partial charge is 0.264 e. The van der Waals surface area contributed by atoms with E-state index in [1.165, 1.54) is 0 Å². The summed E-state index contributed by atoms with van der Waals surface area (Å²) in [7, 11) is 0. The average molecular weight is 667 g/mol. The van der Waals surface area contributed by atoms with Gasteiger partial charge in [-0.25, -0.2) is 0 Å². The second-order valence-corrected chi connectivity index (χ2v) is 7.86. The van der Waals surface area contributed by atoms with Crippen molar-refractivity contribution in [2.75, 3.05) is 0 Å². The Morgan fingerprint density at radius 3 is 0.238 bits per heavy atom. The first-order chi connectivity index (χ1) is 8.00. The molecular weight excluding hydrogens is 667 g/mol. The number of rotatable bonds is 0. The molecule has 0 saturated heterocycles. The van der Waals surface area contributed by atoms with Crippen LogP contribution in [0.4, 0.5) is 0 Å². The summed E-state index contributed by atoms with van der Waals surface area (Å²) >= 11 is -22.5. The van der Waals surface area contributed by atoms with Crippen LogP contribution in [0, 0.1) is 56.4 Å². The van der Waals surface area contributed by atoms with Gasteiger partial charge in [-0.05, 0) is 0 Å². The normalized spacial score (nSPS) is 11.4. The molecule has 16 nitrogen and oxygen atoms in total. The molecule has 0 saturated carbocycles. The number of hydrogen-bond acceptors (Lipinski definition) is 16. The maximum atomic E-state index is 8.58. The third-order valence-electron chi connectivity index (χ3n) is 0. The quantitative estimate of drug-likeness (QED) is 0.231. The topological polar surface area (TPSA) is 369 Å². The van der Waals surface area contributed by atoms with E-state index in [0.29, 0.717) is 0 Å². The minimum absolute atomic E-state index is 0. The zero-order valence-electron chi connectivity index (χ0n) is 8.54. The van der Waals surface area contributed by atoms with Crippen LogP contribution >= 0.6 is 0 Å². The fourth-order valence-corrected chi connectivity index (χ4v) is 0. The molecular formula is Br4O16Zr. The van der Waals surface area contributed by atoms with Gasteiger partial charge in [-0.3, -0.25) is 67.2 Å². The van der Waals surface area contributed by atoms with Crippen molar-refractivity contribution in [1.29, 1.82) is 0 Å². The van der Waals surface area contributed by atoms with Crippen LogP contribution in [0.15, 0.2) is 0 Å². The van der Waals surface area contributed by atoms with Crippen molar-refractivity contribution in [3.63, 3.8) is 0 Å². The molecule has 0 aromatic heterocycles. The Morgan fingerprint density at radius 2 is 0.238 bits per heavy atom. The molecule has 0 spiro atoms. The van der Waals surface area contributed by atoms with Gasteiger partial charge < -0.3 is 0 Å². The van der Waals surface area contributed by atoms with Gasteiger partial charge in [0, 0.05) is 0 Å². The average Bonchev–Trinajstić information content (AvgIpc) is 1.62. The number of halogens is 4. The molecule has 0 aliphatic rings. The summed E-state index contributed by atoms with van der Waals surface area (Å²) in [5.41, 5.74) is 0. The molecule has 0 heterocycles. The van der Waals surface area contributed by atoms with Crippen molar-refractivity contribution in [3.8, 4) is 0 Å². The van der Waals surface area contributed by atoms with Crippen LogP contribution in [0.2, 0.25) is 0 Å². The standard InChI is InChI=1S/4BrO4.Zr/c4*2-1(3,4)5;/q4*-1;+4. The summed E-state index contributed by atoms with van der Waals surface area (Å²) in [6, 6.07) is 0. The first kappa shape index (κ1) is 34.5. The van der Waals surface area contributed by atoms with Gasteiger partial charge in [-0.2, -0.15) is 0 Å². The van der Waals surface area contributed by atoms with E-state index in [2.05, 4.69) is 0 Å². The van der Waals surface area contributed by atoms with Crippen molar-refractivity contribution >= 4 is 0 Å². The predicted molar refractivity (Wildman–Crippen MR) is 0 cm³/mol. The summed E-state index contributed by atoms with van der Waals surface area (Å²) in [6.45, 7) is 0. The van der Waals surface area contributed by atoms with Crippen LogP contribution in [-0.2, 0) is 26.2 Å². The molecule has 0 rings (SSSR count). The van der Waals surface area contributed by atoms with Crippen molar-refractivity contribution < 1.29 is 150 Å². The Labute approximate surface area is 148 Å². The molecule has 0 unspecified atom stereocenters. The summed E-state index contributed by atoms with van der Waals surface area (Å²) < 4.78 is 137. The van der Waals surface area contributed by atoms with Gasteiger partial charge in [0.05, 0.1) is 56.4 Å². The molecule has 0 bridgehead atoms. The molecule has 0 aliphatic heterocycles. The van der Waals surface area contributed by atoms with Gasteiger partial charge in [0.2, 0.25) is 0 Å². The summed E-state index contributed by atoms with van der Waals surface area (Å²) in [6.07, 6.45) is 0. The van der Waals surface area contributed by atoms with Gasteiger partial charge in [-0.1, -0.05) is 0 Å². The molecule has 0 aromatic rings. The molecule has 0 fully saturated rings. The maximum absolute atomic E-state index is 8.58. The Hall–Kier alpha value is 2.16. The predicted octanol–water partition coefficient (Wildman–Crippen LogP) is -19.0. The van der Waals surface area contributed by atoms with Crippen LogP contribution in [-0.4, -0.2) is 0 Å². The molecule has 0 N–H and O–H groups in total. The Morgan fingerprint density at radius 1 is 0.238 bits per heavy atom. The molecule has 21 heteroatoms. The monoisotopic (exact) mass is 661 g/mol. The fourth-order valence-electron chi connectivity index (χ4n) is 0. The van der Waals surface area contributed by atoms with Crippen LogP contribution in [0.3, 0.4) is 0 Å². The summed E-state index contributed by atoms with van der Waals surface area (Å²) in [4.78, 5) is 0. The molecule has 0 radical (unpaired) electrons. The minimum Gasteiger partial charge on any atom is -0.264 e. The van der Waals surface area contributed by atoms with Gasteiger partial charge >= 0.3 is 26.2 Å². The zero-order chi connectivity index (χ0) is 18.0. The fraction of sp³-hybridized carbons (Fsp3) is 0. The van der Waals surface area contributed by atoms with Crippen molar-refractivity contribution in [2.24, 2.45) is 0 Å². The van der Waals surface area contributed by atoms with E-state index in [9.17, 15) is 0 Å². The van der Waals surface area contributed by atoms with Gasteiger partial charge in [0.15, 0.2) is 0 Å². The van der Waals surface area contributed by atoms with E-state index >= 15 is 0 Å². The molecule has 0 aromatic carbocycles. The van der Waals surface area contributed by atoms with Crippen molar-refractivity contribution in [1.82, 2.24) is 0 Å². The van der Waals surface area contributed by atoms with Crippen LogP contribution in [0.5, 0.6) is 0 Å². The minimum atomic E-state index is -5.62. The first-order valence-electron chi connectivity index (χ1n) is 2.47.